The Hall–Kier alpha value is -2.33. The normalized spacial score (nSPS) is 22.9. The summed E-state index contributed by atoms with van der Waals surface area (Å²) in [6.07, 6.45) is 5.60. The number of carbonyl (C=O) groups is 1. The van der Waals surface area contributed by atoms with Crippen LogP contribution in [-0.2, 0) is 41.6 Å². The van der Waals surface area contributed by atoms with Crippen molar-refractivity contribution in [2.24, 2.45) is 9.50 Å². The van der Waals surface area contributed by atoms with Crippen LogP contribution in [0.3, 0.4) is 0 Å². The Bertz CT molecular complexity index is 1210. The number of nitrogens with one attached hydrogen (secondary N) is 1. The van der Waals surface area contributed by atoms with Gasteiger partial charge in [-0.2, -0.15) is 13.9 Å². The summed E-state index contributed by atoms with van der Waals surface area (Å²) >= 11 is 0. The number of aryl methyl sites for hydroxylation is 2. The van der Waals surface area contributed by atoms with Crippen LogP contribution in [0.2, 0.25) is 0 Å². The summed E-state index contributed by atoms with van der Waals surface area (Å²) in [5.41, 5.74) is 4.87. The van der Waals surface area contributed by atoms with Gasteiger partial charge in [-0.3, -0.25) is 4.68 Å². The van der Waals surface area contributed by atoms with Crippen LogP contribution in [0.5, 0.6) is 0 Å². The van der Waals surface area contributed by atoms with Crippen molar-refractivity contribution in [2.45, 2.75) is 75.2 Å². The molecule has 2 amide bonds. The fourth-order valence-electron chi connectivity index (χ4n) is 5.18. The van der Waals surface area contributed by atoms with Crippen molar-refractivity contribution in [1.29, 1.82) is 0 Å². The quantitative estimate of drug-likeness (QED) is 0.717. The van der Waals surface area contributed by atoms with Crippen molar-refractivity contribution < 1.29 is 17.8 Å². The van der Waals surface area contributed by atoms with Gasteiger partial charge in [0.1, 0.15) is 20.5 Å². The van der Waals surface area contributed by atoms with Crippen LogP contribution in [0, 0.1) is 0 Å². The Morgan fingerprint density at radius 1 is 1.32 bits per heavy atom. The Labute approximate surface area is 179 Å². The first kappa shape index (κ1) is 20.6. The number of alkyl halides is 2. The maximum atomic E-state index is 14.5. The van der Waals surface area contributed by atoms with Gasteiger partial charge in [0, 0.05) is 18.7 Å². The molecule has 0 radical (unpaired) electrons. The van der Waals surface area contributed by atoms with Gasteiger partial charge in [0.05, 0.1) is 6.20 Å². The smallest absolute Gasteiger partial charge is 0.305 e. The number of halogens is 2. The van der Waals surface area contributed by atoms with E-state index in [1.54, 1.807) is 0 Å². The average molecular weight is 450 g/mol. The Kier molecular flexibility index (Phi) is 4.71. The topological polar surface area (TPSA) is 102 Å². The van der Waals surface area contributed by atoms with Crippen LogP contribution in [0.15, 0.2) is 21.5 Å². The number of aromatic nitrogens is 2. The fourth-order valence-corrected chi connectivity index (χ4v) is 6.30. The van der Waals surface area contributed by atoms with E-state index >= 15 is 0 Å². The molecule has 5 rings (SSSR count). The molecule has 2 heterocycles. The zero-order valence-corrected chi connectivity index (χ0v) is 18.1. The molecule has 2 unspecified atom stereocenters. The van der Waals surface area contributed by atoms with Gasteiger partial charge in [-0.1, -0.05) is 13.0 Å². The van der Waals surface area contributed by atoms with Crippen LogP contribution in [0.1, 0.15) is 66.5 Å². The van der Waals surface area contributed by atoms with Gasteiger partial charge < -0.3 is 5.32 Å². The zero-order valence-electron chi connectivity index (χ0n) is 17.3. The lowest BCUT2D eigenvalue weighted by Gasteiger charge is -2.24. The average Bonchev–Trinajstić information content (AvgIpc) is 3.40. The summed E-state index contributed by atoms with van der Waals surface area (Å²) in [6.45, 7) is 2.45. The van der Waals surface area contributed by atoms with Crippen molar-refractivity contribution in [1.82, 2.24) is 9.78 Å². The molecule has 0 bridgehead atoms. The molecule has 10 heteroatoms. The lowest BCUT2D eigenvalue weighted by atomic mass is 9.96. The van der Waals surface area contributed by atoms with E-state index in [9.17, 15) is 17.8 Å². The van der Waals surface area contributed by atoms with E-state index in [0.717, 1.165) is 59.8 Å². The second-order valence-corrected chi connectivity index (χ2v) is 10.5. The number of rotatable bonds is 2. The second-order valence-electron chi connectivity index (χ2n) is 8.73. The van der Waals surface area contributed by atoms with Crippen LogP contribution in [0.4, 0.5) is 19.3 Å². The highest BCUT2D eigenvalue weighted by Gasteiger charge is 2.42. The molecule has 3 aliphatic rings. The first-order valence-corrected chi connectivity index (χ1v) is 12.2. The summed E-state index contributed by atoms with van der Waals surface area (Å²) in [4.78, 5) is 12.4. The second kappa shape index (κ2) is 7.09. The predicted molar refractivity (Wildman–Crippen MR) is 113 cm³/mol. The molecule has 2 aromatic rings. The molecule has 3 N–H and O–H groups in total. The first-order chi connectivity index (χ1) is 14.7. The van der Waals surface area contributed by atoms with Crippen LogP contribution in [0.25, 0.3) is 0 Å². The molecule has 1 aromatic carbocycles. The number of hydrogen-bond acceptors (Lipinski definition) is 3. The van der Waals surface area contributed by atoms with E-state index < -0.39 is 27.6 Å². The van der Waals surface area contributed by atoms with Crippen molar-refractivity contribution in [3.8, 4) is 0 Å². The molecule has 0 saturated heterocycles. The maximum absolute atomic E-state index is 14.5. The Morgan fingerprint density at radius 3 is 2.94 bits per heavy atom. The van der Waals surface area contributed by atoms with E-state index in [4.69, 9.17) is 5.14 Å². The number of carbonyl (C=O) groups excluding carboxylic acids is 1. The van der Waals surface area contributed by atoms with Crippen molar-refractivity contribution in [3.05, 3.63) is 40.2 Å². The van der Waals surface area contributed by atoms with E-state index in [1.165, 1.54) is 11.1 Å². The Balaban J connectivity index is 1.52. The molecule has 1 aromatic heterocycles. The molecule has 7 nitrogen and oxygen atoms in total. The van der Waals surface area contributed by atoms with Crippen molar-refractivity contribution in [2.75, 3.05) is 5.32 Å². The summed E-state index contributed by atoms with van der Waals surface area (Å²) in [6, 6.07) is 1.36. The van der Waals surface area contributed by atoms with Crippen molar-refractivity contribution >= 4 is 21.6 Å². The number of hydrogen-bond donors (Lipinski definition) is 2. The predicted octanol–water partition coefficient (Wildman–Crippen LogP) is 4.24. The monoisotopic (exact) mass is 449 g/mol. The molecule has 2 aliphatic carbocycles. The van der Waals surface area contributed by atoms with Gasteiger partial charge >= 0.3 is 6.03 Å². The highest BCUT2D eigenvalue weighted by molar-refractivity contribution is 7.91. The third-order valence-electron chi connectivity index (χ3n) is 6.68. The number of anilines is 1. The van der Waals surface area contributed by atoms with Gasteiger partial charge in [-0.15, -0.1) is 4.36 Å². The molecule has 0 spiro atoms. The zero-order chi connectivity index (χ0) is 22.0. The molecule has 2 atom stereocenters. The van der Waals surface area contributed by atoms with E-state index in [-0.39, 0.29) is 24.3 Å². The standard InChI is InChI=1S/C21H25F2N5O2S/c1-12-6-7-15-16(12)10-13-4-2-5-14(13)18(15)26-20(29)27-31(24,30)17-11-25-28-9-3-8-21(22,23)19(17)28/h10-12H,2-9H2,1H3,(H3,24,26,27,29,30). The lowest BCUT2D eigenvalue weighted by molar-refractivity contribution is -0.0393. The van der Waals surface area contributed by atoms with Crippen LogP contribution >= 0.6 is 0 Å². The van der Waals surface area contributed by atoms with Crippen LogP contribution in [-0.4, -0.2) is 20.0 Å². The van der Waals surface area contributed by atoms with Gasteiger partial charge in [0.25, 0.3) is 5.92 Å². The maximum Gasteiger partial charge on any atom is 0.354 e. The summed E-state index contributed by atoms with van der Waals surface area (Å²) in [5, 5.41) is 12.5. The van der Waals surface area contributed by atoms with E-state index in [0.29, 0.717) is 5.92 Å². The summed E-state index contributed by atoms with van der Waals surface area (Å²) in [5.74, 6) is -2.80. The molecule has 0 saturated carbocycles. The van der Waals surface area contributed by atoms with Gasteiger partial charge in [-0.05, 0) is 66.7 Å². The highest BCUT2D eigenvalue weighted by atomic mass is 32.2. The number of nitrogens with zero attached hydrogens (tertiary/aromatic N) is 3. The molecule has 1 aliphatic heterocycles. The largest absolute Gasteiger partial charge is 0.354 e. The van der Waals surface area contributed by atoms with E-state index in [2.05, 4.69) is 27.8 Å². The fraction of sp³-hybridized carbons (Fsp3) is 0.524. The van der Waals surface area contributed by atoms with Gasteiger partial charge in [0.2, 0.25) is 0 Å². The number of benzene rings is 1. The third kappa shape index (κ3) is 3.36. The number of nitrogens with two attached hydrogens (primary N) is 1. The number of urea groups is 1. The Morgan fingerprint density at radius 2 is 2.13 bits per heavy atom. The third-order valence-corrected chi connectivity index (χ3v) is 8.05. The number of fused-ring (bicyclic) bond motifs is 3. The molecule has 166 valence electrons. The molecular formula is C21H25F2N5O2S. The minimum atomic E-state index is -3.89. The van der Waals surface area contributed by atoms with Gasteiger partial charge in [-0.25, -0.2) is 14.1 Å². The molecule has 31 heavy (non-hydrogen) atoms. The minimum absolute atomic E-state index is 0.257. The minimum Gasteiger partial charge on any atom is -0.305 e. The molecular weight excluding hydrogens is 424 g/mol. The van der Waals surface area contributed by atoms with E-state index in [1.807, 2.05) is 0 Å². The first-order valence-electron chi connectivity index (χ1n) is 10.6. The lowest BCUT2D eigenvalue weighted by Crippen LogP contribution is -2.29. The number of amides is 2. The SMILES string of the molecule is CC1CCc2c1cc1c(c2NC(=O)N=S(N)(=O)c2cnn3c2C(F)(F)CCC3)CCC1. The summed E-state index contributed by atoms with van der Waals surface area (Å²) in [7, 11) is -3.89. The highest BCUT2D eigenvalue weighted by Crippen LogP contribution is 2.43. The van der Waals surface area contributed by atoms with Gasteiger partial charge in [0.15, 0.2) is 0 Å². The summed E-state index contributed by atoms with van der Waals surface area (Å²) < 4.78 is 46.8. The molecule has 0 fully saturated rings. The van der Waals surface area contributed by atoms with Crippen LogP contribution < -0.4 is 10.5 Å². The van der Waals surface area contributed by atoms with Crippen molar-refractivity contribution in [3.63, 3.8) is 0 Å².